The Labute approximate surface area is 171 Å². The van der Waals surface area contributed by atoms with Crippen molar-refractivity contribution >= 4 is 11.6 Å². The average molecular weight is 400 g/mol. The molecule has 156 valence electrons. The number of rotatable bonds is 8. The number of methoxy groups -OCH3 is 2. The predicted octanol–water partition coefficient (Wildman–Crippen LogP) is 2.68. The number of hydrogen-bond acceptors (Lipinski definition) is 6. The molecule has 7 heteroatoms. The van der Waals surface area contributed by atoms with Gasteiger partial charge in [-0.15, -0.1) is 0 Å². The highest BCUT2D eigenvalue weighted by atomic mass is 16.5. The smallest absolute Gasteiger partial charge is 0.262 e. The van der Waals surface area contributed by atoms with Gasteiger partial charge in [0.05, 0.1) is 26.0 Å². The topological polar surface area (TPSA) is 89.1 Å². The van der Waals surface area contributed by atoms with E-state index in [4.69, 9.17) is 14.2 Å². The fraction of sp³-hybridized carbons (Fsp3) is 0.409. The first kappa shape index (κ1) is 21.0. The molecular weight excluding hydrogens is 372 g/mol. The maximum Gasteiger partial charge on any atom is 0.262 e. The summed E-state index contributed by atoms with van der Waals surface area (Å²) in [7, 11) is 3.19. The predicted molar refractivity (Wildman–Crippen MR) is 111 cm³/mol. The lowest BCUT2D eigenvalue weighted by Gasteiger charge is -2.29. The second-order valence-corrected chi connectivity index (χ2v) is 7.74. The Morgan fingerprint density at radius 1 is 1.17 bits per heavy atom. The second kappa shape index (κ2) is 8.71. The Morgan fingerprint density at radius 2 is 1.86 bits per heavy atom. The van der Waals surface area contributed by atoms with E-state index < -0.39 is 6.10 Å². The molecule has 2 aromatic carbocycles. The normalized spacial score (nSPS) is 14.4. The van der Waals surface area contributed by atoms with E-state index in [2.05, 4.69) is 24.5 Å². The third kappa shape index (κ3) is 5.19. The first-order valence-corrected chi connectivity index (χ1v) is 9.52. The molecule has 1 aliphatic rings. The summed E-state index contributed by atoms with van der Waals surface area (Å²) in [6.07, 6.45) is -0.0454. The molecule has 0 unspecified atom stereocenters. The van der Waals surface area contributed by atoms with Crippen LogP contribution in [-0.2, 0) is 11.2 Å². The molecule has 0 saturated carbocycles. The summed E-state index contributed by atoms with van der Waals surface area (Å²) in [4.78, 5) is 11.6. The monoisotopic (exact) mass is 400 g/mol. The summed E-state index contributed by atoms with van der Waals surface area (Å²) < 4.78 is 16.1. The first-order chi connectivity index (χ1) is 13.8. The molecular formula is C22H28N2O5. The number of aliphatic hydroxyl groups is 1. The maximum atomic E-state index is 11.6. The Balaban J connectivity index is 1.70. The molecule has 1 atom stereocenters. The highest BCUT2D eigenvalue weighted by Crippen LogP contribution is 2.39. The van der Waals surface area contributed by atoms with Crippen molar-refractivity contribution in [1.29, 1.82) is 0 Å². The van der Waals surface area contributed by atoms with E-state index in [1.165, 1.54) is 5.56 Å². The lowest BCUT2D eigenvalue weighted by molar-refractivity contribution is -0.118. The lowest BCUT2D eigenvalue weighted by Crippen LogP contribution is -2.43. The number of carbonyl (C=O) groups is 1. The molecule has 0 radical (unpaired) electrons. The van der Waals surface area contributed by atoms with Crippen LogP contribution < -0.4 is 24.8 Å². The van der Waals surface area contributed by atoms with Gasteiger partial charge in [0.2, 0.25) is 0 Å². The highest BCUT2D eigenvalue weighted by Gasteiger charge is 2.26. The average Bonchev–Trinajstić information content (AvgIpc) is 2.71. The summed E-state index contributed by atoms with van der Waals surface area (Å²) in [5, 5.41) is 17.0. The Hall–Kier alpha value is -2.77. The first-order valence-electron chi connectivity index (χ1n) is 9.52. The second-order valence-electron chi connectivity index (χ2n) is 7.74. The minimum atomic E-state index is -0.830. The summed E-state index contributed by atoms with van der Waals surface area (Å²) >= 11 is 0. The van der Waals surface area contributed by atoms with E-state index >= 15 is 0 Å². The number of fused-ring (bicyclic) bond motifs is 1. The standard InChI is InChI=1S/C22H28N2O5/c1-22(2,11-14-5-7-15(27-3)8-6-14)23-12-19(25)17-9-16(28-4)10-18-21(17)29-13-20(26)24-18/h5-10,19,23,25H,11-13H2,1-4H3,(H,24,26)/t19-/m0/s1. The zero-order valence-electron chi connectivity index (χ0n) is 17.2. The van der Waals surface area contributed by atoms with Gasteiger partial charge in [0.1, 0.15) is 17.2 Å². The molecule has 0 spiro atoms. The van der Waals surface area contributed by atoms with Gasteiger partial charge < -0.3 is 30.0 Å². The molecule has 29 heavy (non-hydrogen) atoms. The zero-order valence-corrected chi connectivity index (χ0v) is 17.2. The van der Waals surface area contributed by atoms with Crippen LogP contribution in [0.25, 0.3) is 0 Å². The summed E-state index contributed by atoms with van der Waals surface area (Å²) in [5.74, 6) is 1.61. The van der Waals surface area contributed by atoms with Gasteiger partial charge in [0.15, 0.2) is 6.61 Å². The van der Waals surface area contributed by atoms with Gasteiger partial charge in [-0.3, -0.25) is 4.79 Å². The number of anilines is 1. The minimum absolute atomic E-state index is 0.0740. The van der Waals surface area contributed by atoms with E-state index in [1.54, 1.807) is 26.4 Å². The van der Waals surface area contributed by atoms with Crippen LogP contribution in [0.2, 0.25) is 0 Å². The van der Waals surface area contributed by atoms with E-state index in [0.29, 0.717) is 29.3 Å². The fourth-order valence-electron chi connectivity index (χ4n) is 3.37. The van der Waals surface area contributed by atoms with E-state index in [9.17, 15) is 9.90 Å². The third-order valence-corrected chi connectivity index (χ3v) is 4.89. The molecule has 0 aliphatic carbocycles. The van der Waals surface area contributed by atoms with Gasteiger partial charge >= 0.3 is 0 Å². The van der Waals surface area contributed by atoms with E-state index in [-0.39, 0.29) is 18.1 Å². The number of β-amino-alcohol motifs (C(OH)–C–C–N with tert-alkyl or cyclic N) is 1. The molecule has 0 aromatic heterocycles. The summed E-state index contributed by atoms with van der Waals surface area (Å²) in [5.41, 5.74) is 2.01. The number of aliphatic hydroxyl groups excluding tert-OH is 1. The summed E-state index contributed by atoms with van der Waals surface area (Å²) in [6.45, 7) is 4.42. The van der Waals surface area contributed by atoms with Crippen LogP contribution in [0.5, 0.6) is 17.2 Å². The quantitative estimate of drug-likeness (QED) is 0.631. The molecule has 2 aromatic rings. The highest BCUT2D eigenvalue weighted by molar-refractivity contribution is 5.96. The van der Waals surface area contributed by atoms with Crippen molar-refractivity contribution in [2.45, 2.75) is 31.9 Å². The number of amides is 1. The van der Waals surface area contributed by atoms with Crippen molar-refractivity contribution in [1.82, 2.24) is 5.32 Å². The van der Waals surface area contributed by atoms with Crippen molar-refractivity contribution in [3.05, 3.63) is 47.5 Å². The number of hydrogen-bond donors (Lipinski definition) is 3. The third-order valence-electron chi connectivity index (χ3n) is 4.89. The van der Waals surface area contributed by atoms with E-state index in [1.807, 2.05) is 24.3 Å². The van der Waals surface area contributed by atoms with Crippen molar-refractivity contribution in [2.75, 3.05) is 32.7 Å². The molecule has 0 bridgehead atoms. The van der Waals surface area contributed by atoms with Crippen molar-refractivity contribution in [3.63, 3.8) is 0 Å². The van der Waals surface area contributed by atoms with Crippen LogP contribution in [0.15, 0.2) is 36.4 Å². The molecule has 1 amide bonds. The van der Waals surface area contributed by atoms with Crippen LogP contribution >= 0.6 is 0 Å². The molecule has 0 fully saturated rings. The Bertz CT molecular complexity index is 864. The molecule has 1 aliphatic heterocycles. The lowest BCUT2D eigenvalue weighted by atomic mass is 9.94. The van der Waals surface area contributed by atoms with E-state index in [0.717, 1.165) is 12.2 Å². The number of ether oxygens (including phenoxy) is 3. The van der Waals surface area contributed by atoms with Gasteiger partial charge in [0, 0.05) is 23.7 Å². The fourth-order valence-corrected chi connectivity index (χ4v) is 3.37. The van der Waals surface area contributed by atoms with Crippen LogP contribution in [0.4, 0.5) is 5.69 Å². The molecule has 3 rings (SSSR count). The van der Waals surface area contributed by atoms with Crippen LogP contribution in [0, 0.1) is 0 Å². The minimum Gasteiger partial charge on any atom is -0.497 e. The van der Waals surface area contributed by atoms with Gasteiger partial charge in [-0.05, 0) is 44.0 Å². The summed E-state index contributed by atoms with van der Waals surface area (Å²) in [6, 6.07) is 11.4. The number of benzene rings is 2. The van der Waals surface area contributed by atoms with Gasteiger partial charge in [-0.2, -0.15) is 0 Å². The zero-order chi connectivity index (χ0) is 21.0. The Morgan fingerprint density at radius 3 is 2.52 bits per heavy atom. The maximum absolute atomic E-state index is 11.6. The van der Waals surface area contributed by atoms with Crippen molar-refractivity contribution in [3.8, 4) is 17.2 Å². The van der Waals surface area contributed by atoms with Crippen LogP contribution in [0.1, 0.15) is 31.1 Å². The van der Waals surface area contributed by atoms with Crippen molar-refractivity contribution < 1.29 is 24.1 Å². The van der Waals surface area contributed by atoms with Crippen LogP contribution in [-0.4, -0.2) is 43.9 Å². The molecule has 1 heterocycles. The van der Waals surface area contributed by atoms with Gasteiger partial charge in [-0.25, -0.2) is 0 Å². The van der Waals surface area contributed by atoms with Crippen LogP contribution in [0.3, 0.4) is 0 Å². The van der Waals surface area contributed by atoms with Gasteiger partial charge in [-0.1, -0.05) is 12.1 Å². The van der Waals surface area contributed by atoms with Gasteiger partial charge in [0.25, 0.3) is 5.91 Å². The molecule has 7 nitrogen and oxygen atoms in total. The Kier molecular flexibility index (Phi) is 6.30. The number of carbonyl (C=O) groups excluding carboxylic acids is 1. The SMILES string of the molecule is COc1ccc(CC(C)(C)NC[C@H](O)c2cc(OC)cc3c2OCC(=O)N3)cc1. The number of nitrogens with one attached hydrogen (secondary N) is 2. The molecule has 0 saturated heterocycles. The van der Waals surface area contributed by atoms with Crippen molar-refractivity contribution in [2.24, 2.45) is 0 Å². The molecule has 3 N–H and O–H groups in total. The largest absolute Gasteiger partial charge is 0.497 e.